The van der Waals surface area contributed by atoms with Crippen molar-refractivity contribution in [3.05, 3.63) is 172 Å². The van der Waals surface area contributed by atoms with Crippen LogP contribution in [0.1, 0.15) is 22.3 Å². The van der Waals surface area contributed by atoms with Crippen molar-refractivity contribution in [2.24, 2.45) is 0 Å². The van der Waals surface area contributed by atoms with Gasteiger partial charge in [0, 0.05) is 16.5 Å². The van der Waals surface area contributed by atoms with Crippen molar-refractivity contribution in [3.63, 3.8) is 0 Å². The predicted molar refractivity (Wildman–Crippen MR) is 163 cm³/mol. The minimum absolute atomic E-state index is 0.00559. The van der Waals surface area contributed by atoms with E-state index in [0.29, 0.717) is 0 Å². The van der Waals surface area contributed by atoms with Gasteiger partial charge in [0.2, 0.25) is 0 Å². The zero-order valence-electron chi connectivity index (χ0n) is 21.6. The lowest BCUT2D eigenvalue weighted by atomic mass is 9.70. The van der Waals surface area contributed by atoms with Gasteiger partial charge in [-0.15, -0.1) is 0 Å². The van der Waals surface area contributed by atoms with Crippen LogP contribution in [-0.4, -0.2) is 4.57 Å². The molecule has 186 valence electrons. The highest BCUT2D eigenvalue weighted by Crippen LogP contribution is 2.62. The average Bonchev–Trinajstić information content (AvgIpc) is 3.48. The summed E-state index contributed by atoms with van der Waals surface area (Å²) in [5.41, 5.74) is 11.5. The zero-order valence-corrected chi connectivity index (χ0v) is 21.6. The minimum atomic E-state index is -0.439. The maximum atomic E-state index is 14.1. The molecule has 0 bridgehead atoms. The normalized spacial score (nSPS) is 13.8. The van der Waals surface area contributed by atoms with E-state index >= 15 is 0 Å². The number of hydrogen-bond acceptors (Lipinski definition) is 1. The summed E-state index contributed by atoms with van der Waals surface area (Å²) in [6.45, 7) is 0. The van der Waals surface area contributed by atoms with Crippen molar-refractivity contribution in [3.8, 4) is 27.9 Å². The van der Waals surface area contributed by atoms with E-state index in [9.17, 15) is 4.79 Å². The van der Waals surface area contributed by atoms with Crippen LogP contribution in [0.5, 0.6) is 0 Å². The third kappa shape index (κ3) is 2.51. The molecular weight excluding hydrogens is 486 g/mol. The molecular formula is C38H23NO. The van der Waals surface area contributed by atoms with Gasteiger partial charge in [-0.1, -0.05) is 115 Å². The smallest absolute Gasteiger partial charge is 0.263 e. The number of nitrogens with zero attached hydrogens (tertiary/aromatic N) is 1. The summed E-state index contributed by atoms with van der Waals surface area (Å²) in [6.07, 6.45) is 0. The maximum absolute atomic E-state index is 14.1. The van der Waals surface area contributed by atoms with Gasteiger partial charge in [0.05, 0.1) is 10.9 Å². The molecule has 0 amide bonds. The fraction of sp³-hybridized carbons (Fsp3) is 0.0263. The Hall–Kier alpha value is -5.21. The number of para-hydroxylation sites is 1. The van der Waals surface area contributed by atoms with E-state index in [4.69, 9.17) is 0 Å². The van der Waals surface area contributed by atoms with Crippen molar-refractivity contribution in [1.82, 2.24) is 4.57 Å². The first-order chi connectivity index (χ1) is 19.8. The van der Waals surface area contributed by atoms with E-state index in [1.165, 1.54) is 44.5 Å². The second kappa shape index (κ2) is 7.68. The molecule has 1 heterocycles. The topological polar surface area (TPSA) is 22.0 Å². The number of fused-ring (bicyclic) bond motifs is 13. The van der Waals surface area contributed by atoms with Gasteiger partial charge in [-0.25, -0.2) is 0 Å². The second-order valence-corrected chi connectivity index (χ2v) is 10.8. The van der Waals surface area contributed by atoms with E-state index in [1.54, 1.807) is 0 Å². The van der Waals surface area contributed by atoms with Gasteiger partial charge in [0.15, 0.2) is 0 Å². The van der Waals surface area contributed by atoms with Gasteiger partial charge >= 0.3 is 0 Å². The molecule has 0 radical (unpaired) electrons. The highest BCUT2D eigenvalue weighted by molar-refractivity contribution is 6.06. The quantitative estimate of drug-likeness (QED) is 0.203. The van der Waals surface area contributed by atoms with Crippen LogP contribution in [-0.2, 0) is 5.41 Å². The highest BCUT2D eigenvalue weighted by Gasteiger charge is 2.51. The summed E-state index contributed by atoms with van der Waals surface area (Å²) in [7, 11) is 0. The fourth-order valence-electron chi connectivity index (χ4n) is 7.51. The number of hydrogen-bond donors (Lipinski definition) is 0. The van der Waals surface area contributed by atoms with E-state index in [2.05, 4.69) is 103 Å². The first-order valence-electron chi connectivity index (χ1n) is 13.7. The summed E-state index contributed by atoms with van der Waals surface area (Å²) < 4.78 is 1.90. The Morgan fingerprint density at radius 1 is 0.425 bits per heavy atom. The molecule has 0 atom stereocenters. The number of aromatic nitrogens is 1. The summed E-state index contributed by atoms with van der Waals surface area (Å²) in [5, 5.41) is 2.80. The largest absolute Gasteiger partial charge is 0.276 e. The Kier molecular flexibility index (Phi) is 4.16. The molecule has 0 unspecified atom stereocenters. The summed E-state index contributed by atoms with van der Waals surface area (Å²) in [6, 6.07) is 49.2. The standard InChI is InChI=1S/C38H23NO/c40-37-31-16-2-1-11-25(31)30-15-6-10-20-36(30)39(37)24-21-22-29-28-14-5-9-19-34(28)38(35(29)23-24)32-17-7-3-12-26(32)27-13-4-8-18-33(27)38/h1-23H. The van der Waals surface area contributed by atoms with E-state index in [0.717, 1.165) is 27.4 Å². The van der Waals surface area contributed by atoms with Gasteiger partial charge in [-0.3, -0.25) is 9.36 Å². The molecule has 1 aromatic heterocycles. The first kappa shape index (κ1) is 21.7. The molecule has 0 saturated heterocycles. The monoisotopic (exact) mass is 509 g/mol. The molecule has 0 aliphatic heterocycles. The van der Waals surface area contributed by atoms with Crippen LogP contribution in [0, 0.1) is 0 Å². The van der Waals surface area contributed by atoms with E-state index in [-0.39, 0.29) is 5.56 Å². The lowest BCUT2D eigenvalue weighted by molar-refractivity contribution is 0.792. The summed E-state index contributed by atoms with van der Waals surface area (Å²) >= 11 is 0. The number of pyridine rings is 1. The van der Waals surface area contributed by atoms with Crippen LogP contribution in [0.25, 0.3) is 49.6 Å². The SMILES string of the molecule is O=c1c2ccccc2c2ccccc2n1-c1ccc2c(c1)C1(c3ccccc3-c3ccccc31)c1ccccc1-2. The third-order valence-corrected chi connectivity index (χ3v) is 9.03. The van der Waals surface area contributed by atoms with E-state index < -0.39 is 5.41 Å². The van der Waals surface area contributed by atoms with Crippen LogP contribution in [0.4, 0.5) is 0 Å². The third-order valence-electron chi connectivity index (χ3n) is 9.03. The molecule has 0 fully saturated rings. The molecule has 7 aromatic rings. The van der Waals surface area contributed by atoms with E-state index in [1.807, 2.05) is 41.0 Å². The van der Waals surface area contributed by atoms with Crippen molar-refractivity contribution in [2.75, 3.05) is 0 Å². The Balaban J connectivity index is 1.43. The van der Waals surface area contributed by atoms with Crippen LogP contribution in [0.2, 0.25) is 0 Å². The number of rotatable bonds is 1. The van der Waals surface area contributed by atoms with Crippen LogP contribution >= 0.6 is 0 Å². The van der Waals surface area contributed by atoms with Crippen LogP contribution in [0.15, 0.2) is 144 Å². The molecule has 40 heavy (non-hydrogen) atoms. The van der Waals surface area contributed by atoms with Gasteiger partial charge in [0.25, 0.3) is 5.56 Å². The van der Waals surface area contributed by atoms with Crippen molar-refractivity contribution in [1.29, 1.82) is 0 Å². The molecule has 0 N–H and O–H groups in total. The van der Waals surface area contributed by atoms with Crippen LogP contribution < -0.4 is 5.56 Å². The van der Waals surface area contributed by atoms with Crippen molar-refractivity contribution in [2.45, 2.75) is 5.41 Å². The molecule has 9 rings (SSSR count). The maximum Gasteiger partial charge on any atom is 0.263 e. The lowest BCUT2D eigenvalue weighted by Gasteiger charge is -2.30. The molecule has 6 aromatic carbocycles. The fourth-order valence-corrected chi connectivity index (χ4v) is 7.51. The minimum Gasteiger partial charge on any atom is -0.276 e. The van der Waals surface area contributed by atoms with Crippen LogP contribution in [0.3, 0.4) is 0 Å². The van der Waals surface area contributed by atoms with Gasteiger partial charge < -0.3 is 0 Å². The molecule has 1 spiro atoms. The Bertz CT molecular complexity index is 2190. The zero-order chi connectivity index (χ0) is 26.4. The first-order valence-corrected chi connectivity index (χ1v) is 13.7. The number of benzene rings is 6. The summed E-state index contributed by atoms with van der Waals surface area (Å²) in [5.74, 6) is 0. The highest BCUT2D eigenvalue weighted by atomic mass is 16.1. The molecule has 0 saturated carbocycles. The average molecular weight is 510 g/mol. The Labute approximate surface area is 231 Å². The molecule has 2 aliphatic rings. The molecule has 2 heteroatoms. The van der Waals surface area contributed by atoms with Gasteiger partial charge in [-0.05, 0) is 74.2 Å². The molecule has 2 aliphatic carbocycles. The second-order valence-electron chi connectivity index (χ2n) is 10.8. The summed E-state index contributed by atoms with van der Waals surface area (Å²) in [4.78, 5) is 14.1. The Morgan fingerprint density at radius 2 is 0.900 bits per heavy atom. The van der Waals surface area contributed by atoms with Crippen molar-refractivity contribution < 1.29 is 0 Å². The Morgan fingerprint density at radius 3 is 1.52 bits per heavy atom. The van der Waals surface area contributed by atoms with Gasteiger partial charge in [-0.2, -0.15) is 0 Å². The predicted octanol–water partition coefficient (Wildman–Crippen LogP) is 8.49. The molecule has 2 nitrogen and oxygen atoms in total. The van der Waals surface area contributed by atoms with Crippen molar-refractivity contribution >= 4 is 21.7 Å². The lowest BCUT2D eigenvalue weighted by Crippen LogP contribution is -2.26. The van der Waals surface area contributed by atoms with Gasteiger partial charge in [0.1, 0.15) is 0 Å².